The molecule has 6 aromatic rings. The molecule has 2 heterocycles. The molecule has 8 heteroatoms. The summed E-state index contributed by atoms with van der Waals surface area (Å²) in [6.07, 6.45) is 0. The van der Waals surface area contributed by atoms with E-state index >= 15 is 0 Å². The van der Waals surface area contributed by atoms with Crippen LogP contribution in [0.3, 0.4) is 0 Å². The summed E-state index contributed by atoms with van der Waals surface area (Å²) in [6.45, 7) is 0. The average molecular weight is 510 g/mol. The van der Waals surface area contributed by atoms with Crippen LogP contribution in [0.5, 0.6) is 11.5 Å². The summed E-state index contributed by atoms with van der Waals surface area (Å²) in [5.74, 6) is 0.414. The molecule has 0 radical (unpaired) electrons. The summed E-state index contributed by atoms with van der Waals surface area (Å²) in [5.41, 5.74) is 2.02. The maximum atomic E-state index is 13.8. The molecule has 0 aliphatic heterocycles. The number of aromatic amines is 1. The van der Waals surface area contributed by atoms with Gasteiger partial charge in [-0.2, -0.15) is 0 Å². The van der Waals surface area contributed by atoms with Crippen LogP contribution in [0.25, 0.3) is 44.3 Å². The van der Waals surface area contributed by atoms with E-state index in [2.05, 4.69) is 4.98 Å². The molecule has 182 valence electrons. The van der Waals surface area contributed by atoms with Crippen LogP contribution in [0, 0.1) is 0 Å². The standard InChI is InChI=1S/C29H20ClN3O4/c1-37-24-11-5-9-21(27(24)34)18-12-14-19(15-13-18)32-25(30)16-22-26(32)28(35)33(29(36)31-22)23-10-4-7-17-6-2-3-8-20(17)23/h2-16,34H,1H3,(H,31,36). The van der Waals surface area contributed by atoms with Crippen LogP contribution in [0.1, 0.15) is 0 Å². The van der Waals surface area contributed by atoms with Crippen molar-refractivity contribution < 1.29 is 9.84 Å². The smallest absolute Gasteiger partial charge is 0.333 e. The van der Waals surface area contributed by atoms with Crippen molar-refractivity contribution in [3.05, 3.63) is 117 Å². The third kappa shape index (κ3) is 3.59. The first-order valence-corrected chi connectivity index (χ1v) is 11.9. The molecule has 37 heavy (non-hydrogen) atoms. The minimum absolute atomic E-state index is 0.0396. The number of aromatic nitrogens is 3. The Balaban J connectivity index is 1.54. The molecular weight excluding hydrogens is 490 g/mol. The molecule has 7 nitrogen and oxygen atoms in total. The van der Waals surface area contributed by atoms with Crippen LogP contribution in [0.2, 0.25) is 5.15 Å². The first-order chi connectivity index (χ1) is 18.0. The molecule has 0 fully saturated rings. The zero-order valence-electron chi connectivity index (χ0n) is 19.6. The van der Waals surface area contributed by atoms with E-state index in [0.717, 1.165) is 20.9 Å². The van der Waals surface area contributed by atoms with E-state index in [1.54, 1.807) is 47.0 Å². The lowest BCUT2D eigenvalue weighted by atomic mass is 10.0. The summed E-state index contributed by atoms with van der Waals surface area (Å²) in [5, 5.41) is 12.5. The fourth-order valence-electron chi connectivity index (χ4n) is 4.74. The molecule has 0 aliphatic carbocycles. The second-order valence-electron chi connectivity index (χ2n) is 8.54. The zero-order chi connectivity index (χ0) is 25.7. The number of para-hydroxylation sites is 1. The number of hydrogen-bond donors (Lipinski definition) is 2. The van der Waals surface area contributed by atoms with E-state index < -0.39 is 11.2 Å². The molecule has 0 amide bonds. The second kappa shape index (κ2) is 8.72. The highest BCUT2D eigenvalue weighted by molar-refractivity contribution is 6.31. The summed E-state index contributed by atoms with van der Waals surface area (Å²) in [4.78, 5) is 29.7. The van der Waals surface area contributed by atoms with Gasteiger partial charge in [0.05, 0.1) is 18.3 Å². The van der Waals surface area contributed by atoms with E-state index in [4.69, 9.17) is 16.3 Å². The van der Waals surface area contributed by atoms with Crippen molar-refractivity contribution in [3.8, 4) is 34.0 Å². The predicted octanol–water partition coefficient (Wildman–Crippen LogP) is 5.66. The Kier molecular flexibility index (Phi) is 5.35. The maximum Gasteiger partial charge on any atom is 0.333 e. The number of phenolic OH excluding ortho intramolecular Hbond substituents is 1. The van der Waals surface area contributed by atoms with Crippen LogP contribution in [0.15, 0.2) is 101 Å². The van der Waals surface area contributed by atoms with Crippen molar-refractivity contribution in [1.29, 1.82) is 0 Å². The number of H-pyrrole nitrogens is 1. The van der Waals surface area contributed by atoms with Crippen LogP contribution < -0.4 is 16.0 Å². The number of nitrogens with zero attached hydrogens (tertiary/aromatic N) is 2. The fraction of sp³-hybridized carbons (Fsp3) is 0.0345. The van der Waals surface area contributed by atoms with Gasteiger partial charge in [0.2, 0.25) is 0 Å². The van der Waals surface area contributed by atoms with Gasteiger partial charge in [0, 0.05) is 16.6 Å². The van der Waals surface area contributed by atoms with Crippen molar-refractivity contribution in [2.24, 2.45) is 0 Å². The van der Waals surface area contributed by atoms with Gasteiger partial charge in [-0.25, -0.2) is 9.36 Å². The summed E-state index contributed by atoms with van der Waals surface area (Å²) in [6, 6.07) is 27.1. The normalized spacial score (nSPS) is 11.3. The van der Waals surface area contributed by atoms with Gasteiger partial charge in [0.25, 0.3) is 5.56 Å². The van der Waals surface area contributed by atoms with Crippen molar-refractivity contribution in [1.82, 2.24) is 14.1 Å². The first kappa shape index (κ1) is 22.7. The Bertz CT molecular complexity index is 1930. The predicted molar refractivity (Wildman–Crippen MR) is 146 cm³/mol. The van der Waals surface area contributed by atoms with Crippen LogP contribution >= 0.6 is 11.6 Å². The van der Waals surface area contributed by atoms with Crippen molar-refractivity contribution in [3.63, 3.8) is 0 Å². The van der Waals surface area contributed by atoms with Gasteiger partial charge < -0.3 is 14.8 Å². The number of nitrogens with one attached hydrogen (secondary N) is 1. The molecular formula is C29H20ClN3O4. The number of rotatable bonds is 4. The highest BCUT2D eigenvalue weighted by Gasteiger charge is 2.19. The largest absolute Gasteiger partial charge is 0.504 e. The Morgan fingerprint density at radius 2 is 1.59 bits per heavy atom. The Morgan fingerprint density at radius 1 is 0.865 bits per heavy atom. The molecule has 0 unspecified atom stereocenters. The van der Waals surface area contributed by atoms with Gasteiger partial charge >= 0.3 is 5.69 Å². The Hall–Kier alpha value is -4.75. The van der Waals surface area contributed by atoms with E-state index in [-0.39, 0.29) is 16.4 Å². The second-order valence-corrected chi connectivity index (χ2v) is 8.92. The van der Waals surface area contributed by atoms with E-state index in [1.807, 2.05) is 48.5 Å². The van der Waals surface area contributed by atoms with Crippen molar-refractivity contribution in [2.45, 2.75) is 0 Å². The number of benzene rings is 4. The van der Waals surface area contributed by atoms with Gasteiger partial charge in [0.15, 0.2) is 11.5 Å². The third-order valence-corrected chi connectivity index (χ3v) is 6.75. The minimum Gasteiger partial charge on any atom is -0.504 e. The van der Waals surface area contributed by atoms with Crippen LogP contribution in [-0.2, 0) is 0 Å². The molecule has 0 aliphatic rings. The van der Waals surface area contributed by atoms with Crippen molar-refractivity contribution >= 4 is 33.4 Å². The summed E-state index contributed by atoms with van der Waals surface area (Å²) >= 11 is 6.58. The van der Waals surface area contributed by atoms with Crippen LogP contribution in [0.4, 0.5) is 0 Å². The SMILES string of the molecule is COc1cccc(-c2ccc(-n3c(Cl)cc4[nH]c(=O)n(-c5cccc6ccccc56)c(=O)c43)cc2)c1O. The Labute approximate surface area is 215 Å². The highest BCUT2D eigenvalue weighted by Crippen LogP contribution is 2.37. The van der Waals surface area contributed by atoms with E-state index in [9.17, 15) is 14.7 Å². The molecule has 0 saturated carbocycles. The lowest BCUT2D eigenvalue weighted by Crippen LogP contribution is -2.34. The number of methoxy groups -OCH3 is 1. The highest BCUT2D eigenvalue weighted by atomic mass is 35.5. The zero-order valence-corrected chi connectivity index (χ0v) is 20.4. The monoisotopic (exact) mass is 509 g/mol. The topological polar surface area (TPSA) is 89.2 Å². The van der Waals surface area contributed by atoms with Gasteiger partial charge in [-0.15, -0.1) is 0 Å². The first-order valence-electron chi connectivity index (χ1n) is 11.5. The van der Waals surface area contributed by atoms with E-state index in [1.165, 1.54) is 7.11 Å². The van der Waals surface area contributed by atoms with Gasteiger partial charge in [0.1, 0.15) is 10.7 Å². The lowest BCUT2D eigenvalue weighted by molar-refractivity contribution is 0.374. The quantitative estimate of drug-likeness (QED) is 0.321. The number of ether oxygens (including phenoxy) is 1. The maximum absolute atomic E-state index is 13.8. The number of hydrogen-bond acceptors (Lipinski definition) is 4. The molecule has 2 N–H and O–H groups in total. The van der Waals surface area contributed by atoms with Gasteiger partial charge in [-0.3, -0.25) is 9.36 Å². The fourth-order valence-corrected chi connectivity index (χ4v) is 5.03. The number of phenols is 1. The molecule has 0 atom stereocenters. The Morgan fingerprint density at radius 3 is 2.38 bits per heavy atom. The third-order valence-electron chi connectivity index (χ3n) is 6.47. The van der Waals surface area contributed by atoms with Crippen LogP contribution in [-0.4, -0.2) is 26.3 Å². The molecule has 6 rings (SSSR count). The number of halogens is 1. The summed E-state index contributed by atoms with van der Waals surface area (Å²) < 4.78 is 7.96. The minimum atomic E-state index is -0.550. The molecule has 0 bridgehead atoms. The van der Waals surface area contributed by atoms with Crippen molar-refractivity contribution in [2.75, 3.05) is 7.11 Å². The molecule has 0 spiro atoms. The van der Waals surface area contributed by atoms with E-state index in [0.29, 0.717) is 28.2 Å². The molecule has 2 aromatic heterocycles. The number of aromatic hydroxyl groups is 1. The van der Waals surface area contributed by atoms with Gasteiger partial charge in [-0.05, 0) is 41.3 Å². The lowest BCUT2D eigenvalue weighted by Gasteiger charge is -2.12. The molecule has 0 saturated heterocycles. The average Bonchev–Trinajstić information content (AvgIpc) is 3.24. The number of fused-ring (bicyclic) bond motifs is 2. The molecule has 4 aromatic carbocycles. The summed E-state index contributed by atoms with van der Waals surface area (Å²) in [7, 11) is 1.50. The van der Waals surface area contributed by atoms with Gasteiger partial charge in [-0.1, -0.05) is 72.3 Å².